The molecular formula is C16H30N4O4S. The Balaban J connectivity index is 1.93. The highest BCUT2D eigenvalue weighted by molar-refractivity contribution is 7.88. The molecule has 2 rings (SSSR count). The standard InChI is InChI=1S/C16H30N4O4S/c1-4-24-15(21)13-7-5-9-19(12-13)16(17-2)18-11-14-8-6-10-20(14)25(3,22)23/h13-14H,4-12H2,1-3H3,(H,17,18)/t13-,14-/m1/s1. The maximum atomic E-state index is 12.0. The second kappa shape index (κ2) is 8.84. The number of ether oxygens (including phenoxy) is 1. The summed E-state index contributed by atoms with van der Waals surface area (Å²) in [7, 11) is -1.47. The molecule has 0 aromatic heterocycles. The monoisotopic (exact) mass is 374 g/mol. The summed E-state index contributed by atoms with van der Waals surface area (Å²) < 4.78 is 30.4. The zero-order chi connectivity index (χ0) is 18.4. The number of rotatable bonds is 5. The van der Waals surface area contributed by atoms with Gasteiger partial charge in [0.25, 0.3) is 0 Å². The minimum Gasteiger partial charge on any atom is -0.466 e. The first-order chi connectivity index (χ1) is 11.9. The van der Waals surface area contributed by atoms with E-state index in [-0.39, 0.29) is 17.9 Å². The van der Waals surface area contributed by atoms with Crippen molar-refractivity contribution >= 4 is 22.0 Å². The molecule has 8 nitrogen and oxygen atoms in total. The van der Waals surface area contributed by atoms with Gasteiger partial charge < -0.3 is 15.0 Å². The summed E-state index contributed by atoms with van der Waals surface area (Å²) in [6.45, 7) is 4.73. The third kappa shape index (κ3) is 5.31. The van der Waals surface area contributed by atoms with Gasteiger partial charge in [-0.2, -0.15) is 4.31 Å². The van der Waals surface area contributed by atoms with E-state index in [4.69, 9.17) is 4.74 Å². The van der Waals surface area contributed by atoms with E-state index < -0.39 is 10.0 Å². The van der Waals surface area contributed by atoms with Crippen LogP contribution in [-0.4, -0.2) is 81.7 Å². The number of guanidine groups is 1. The predicted octanol–water partition coefficient (Wildman–Crippen LogP) is 0.261. The van der Waals surface area contributed by atoms with Crippen LogP contribution in [0.3, 0.4) is 0 Å². The minimum atomic E-state index is -3.18. The van der Waals surface area contributed by atoms with E-state index in [0.717, 1.165) is 32.2 Å². The molecule has 0 radical (unpaired) electrons. The Morgan fingerprint density at radius 1 is 1.28 bits per heavy atom. The van der Waals surface area contributed by atoms with Crippen LogP contribution in [0.5, 0.6) is 0 Å². The van der Waals surface area contributed by atoms with E-state index in [9.17, 15) is 13.2 Å². The number of nitrogens with one attached hydrogen (secondary N) is 1. The molecule has 0 aliphatic carbocycles. The second-order valence-corrected chi connectivity index (χ2v) is 8.57. The number of sulfonamides is 1. The average Bonchev–Trinajstić information content (AvgIpc) is 3.05. The van der Waals surface area contributed by atoms with Gasteiger partial charge in [0.1, 0.15) is 0 Å². The molecule has 0 saturated carbocycles. The molecule has 2 atom stereocenters. The van der Waals surface area contributed by atoms with Gasteiger partial charge in [0.05, 0.1) is 18.8 Å². The number of aliphatic imine (C=N–C) groups is 1. The highest BCUT2D eigenvalue weighted by Gasteiger charge is 2.32. The molecule has 0 amide bonds. The Morgan fingerprint density at radius 3 is 2.64 bits per heavy atom. The number of carbonyl (C=O) groups excluding carboxylic acids is 1. The molecule has 0 bridgehead atoms. The highest BCUT2D eigenvalue weighted by Crippen LogP contribution is 2.21. The number of esters is 1. The first kappa shape index (κ1) is 20.0. The number of hydrogen-bond acceptors (Lipinski definition) is 5. The van der Waals surface area contributed by atoms with E-state index in [1.807, 2.05) is 6.92 Å². The van der Waals surface area contributed by atoms with Crippen LogP contribution in [0.4, 0.5) is 0 Å². The molecule has 2 fully saturated rings. The lowest BCUT2D eigenvalue weighted by Gasteiger charge is -2.34. The van der Waals surface area contributed by atoms with Gasteiger partial charge in [-0.25, -0.2) is 8.42 Å². The van der Waals surface area contributed by atoms with Gasteiger partial charge in [0, 0.05) is 39.3 Å². The van der Waals surface area contributed by atoms with Crippen LogP contribution in [0.1, 0.15) is 32.6 Å². The summed E-state index contributed by atoms with van der Waals surface area (Å²) in [5.74, 6) is 0.433. The topological polar surface area (TPSA) is 91.3 Å². The average molecular weight is 375 g/mol. The summed E-state index contributed by atoms with van der Waals surface area (Å²) >= 11 is 0. The molecule has 25 heavy (non-hydrogen) atoms. The Kier molecular flexibility index (Phi) is 7.06. The number of piperidine rings is 1. The molecule has 0 aromatic rings. The smallest absolute Gasteiger partial charge is 0.310 e. The third-order valence-corrected chi connectivity index (χ3v) is 6.13. The predicted molar refractivity (Wildman–Crippen MR) is 96.9 cm³/mol. The number of carbonyl (C=O) groups is 1. The Morgan fingerprint density at radius 2 is 2.00 bits per heavy atom. The van der Waals surface area contributed by atoms with Gasteiger partial charge in [-0.15, -0.1) is 0 Å². The summed E-state index contributed by atoms with van der Waals surface area (Å²) in [6.07, 6.45) is 4.73. The summed E-state index contributed by atoms with van der Waals surface area (Å²) in [4.78, 5) is 18.4. The Bertz CT molecular complexity index is 593. The van der Waals surface area contributed by atoms with Gasteiger partial charge >= 0.3 is 5.97 Å². The zero-order valence-electron chi connectivity index (χ0n) is 15.4. The summed E-state index contributed by atoms with van der Waals surface area (Å²) in [6, 6.07) is -0.0441. The van der Waals surface area contributed by atoms with Crippen LogP contribution < -0.4 is 5.32 Å². The van der Waals surface area contributed by atoms with E-state index in [2.05, 4.69) is 15.2 Å². The Hall–Kier alpha value is -1.35. The fraction of sp³-hybridized carbons (Fsp3) is 0.875. The van der Waals surface area contributed by atoms with Crippen molar-refractivity contribution in [2.24, 2.45) is 10.9 Å². The number of nitrogens with zero attached hydrogens (tertiary/aromatic N) is 3. The lowest BCUT2D eigenvalue weighted by Crippen LogP contribution is -2.51. The van der Waals surface area contributed by atoms with Crippen LogP contribution in [0, 0.1) is 5.92 Å². The van der Waals surface area contributed by atoms with Crippen LogP contribution in [0.15, 0.2) is 4.99 Å². The van der Waals surface area contributed by atoms with Gasteiger partial charge in [-0.3, -0.25) is 9.79 Å². The highest BCUT2D eigenvalue weighted by atomic mass is 32.2. The fourth-order valence-electron chi connectivity index (χ4n) is 3.61. The Labute approximate surface area is 150 Å². The van der Waals surface area contributed by atoms with Crippen molar-refractivity contribution in [2.45, 2.75) is 38.6 Å². The molecule has 9 heteroatoms. The van der Waals surface area contributed by atoms with Gasteiger partial charge in [-0.05, 0) is 32.6 Å². The van der Waals surface area contributed by atoms with Crippen molar-refractivity contribution in [3.05, 3.63) is 0 Å². The first-order valence-electron chi connectivity index (χ1n) is 8.95. The normalized spacial score (nSPS) is 25.9. The van der Waals surface area contributed by atoms with Crippen LogP contribution in [-0.2, 0) is 19.6 Å². The van der Waals surface area contributed by atoms with E-state index in [0.29, 0.717) is 32.2 Å². The summed E-state index contributed by atoms with van der Waals surface area (Å²) in [5, 5.41) is 3.29. The molecule has 2 heterocycles. The van der Waals surface area contributed by atoms with Crippen molar-refractivity contribution in [3.8, 4) is 0 Å². The molecule has 144 valence electrons. The van der Waals surface area contributed by atoms with Gasteiger partial charge in [-0.1, -0.05) is 0 Å². The van der Waals surface area contributed by atoms with Crippen LogP contribution >= 0.6 is 0 Å². The van der Waals surface area contributed by atoms with Crippen molar-refractivity contribution in [1.29, 1.82) is 0 Å². The molecule has 0 aromatic carbocycles. The van der Waals surface area contributed by atoms with Gasteiger partial charge in [0.2, 0.25) is 10.0 Å². The first-order valence-corrected chi connectivity index (χ1v) is 10.8. The third-order valence-electron chi connectivity index (χ3n) is 4.80. The van der Waals surface area contributed by atoms with Gasteiger partial charge in [0.15, 0.2) is 5.96 Å². The zero-order valence-corrected chi connectivity index (χ0v) is 16.2. The molecule has 2 aliphatic heterocycles. The number of hydrogen-bond donors (Lipinski definition) is 1. The van der Waals surface area contributed by atoms with Crippen molar-refractivity contribution in [1.82, 2.24) is 14.5 Å². The molecule has 0 unspecified atom stereocenters. The van der Waals surface area contributed by atoms with E-state index in [1.165, 1.54) is 6.26 Å². The minimum absolute atomic E-state index is 0.0441. The van der Waals surface area contributed by atoms with Crippen LogP contribution in [0.25, 0.3) is 0 Å². The van der Waals surface area contributed by atoms with Crippen molar-refractivity contribution in [2.75, 3.05) is 46.1 Å². The maximum absolute atomic E-state index is 12.0. The number of likely N-dealkylation sites (tertiary alicyclic amines) is 1. The quantitative estimate of drug-likeness (QED) is 0.422. The maximum Gasteiger partial charge on any atom is 0.310 e. The van der Waals surface area contributed by atoms with Crippen molar-refractivity contribution in [3.63, 3.8) is 0 Å². The van der Waals surface area contributed by atoms with E-state index in [1.54, 1.807) is 11.4 Å². The van der Waals surface area contributed by atoms with E-state index >= 15 is 0 Å². The van der Waals surface area contributed by atoms with Crippen molar-refractivity contribution < 1.29 is 17.9 Å². The lowest BCUT2D eigenvalue weighted by atomic mass is 9.98. The van der Waals surface area contributed by atoms with Crippen LogP contribution in [0.2, 0.25) is 0 Å². The molecule has 0 spiro atoms. The molecule has 2 saturated heterocycles. The fourth-order valence-corrected chi connectivity index (χ4v) is 4.80. The lowest BCUT2D eigenvalue weighted by molar-refractivity contribution is -0.149. The molecule has 1 N–H and O–H groups in total. The SMILES string of the molecule is CCOC(=O)[C@@H]1CCCN(C(=NC)NC[C@H]2CCCN2S(C)(=O)=O)C1. The largest absolute Gasteiger partial charge is 0.466 e. The molecular weight excluding hydrogens is 344 g/mol. The second-order valence-electron chi connectivity index (χ2n) is 6.64. The summed E-state index contributed by atoms with van der Waals surface area (Å²) in [5.41, 5.74) is 0. The molecule has 2 aliphatic rings.